The third-order valence-corrected chi connectivity index (χ3v) is 5.27. The van der Waals surface area contributed by atoms with Gasteiger partial charge in [-0.25, -0.2) is 4.39 Å². The van der Waals surface area contributed by atoms with Crippen LogP contribution in [-0.2, 0) is 13.5 Å². The molecule has 1 aliphatic heterocycles. The summed E-state index contributed by atoms with van der Waals surface area (Å²) < 4.78 is 21.2. The quantitative estimate of drug-likeness (QED) is 0.686. The van der Waals surface area contributed by atoms with Crippen LogP contribution >= 0.6 is 15.9 Å². The lowest BCUT2D eigenvalue weighted by molar-refractivity contribution is 0.0929. The molecule has 1 aliphatic rings. The average molecular weight is 430 g/mol. The van der Waals surface area contributed by atoms with E-state index in [0.29, 0.717) is 22.2 Å². The number of aryl methyl sites for hydroxylation is 1. The highest BCUT2D eigenvalue weighted by Gasteiger charge is 2.28. The van der Waals surface area contributed by atoms with Gasteiger partial charge in [0.05, 0.1) is 28.0 Å². The lowest BCUT2D eigenvalue weighted by Crippen LogP contribution is -2.30. The highest BCUT2D eigenvalue weighted by atomic mass is 79.9. The lowest BCUT2D eigenvalue weighted by Gasteiger charge is -2.13. The molecule has 2 aromatic carbocycles. The molecule has 0 aliphatic carbocycles. The van der Waals surface area contributed by atoms with E-state index in [1.165, 1.54) is 6.07 Å². The Balaban J connectivity index is 1.56. The molecule has 2 heterocycles. The minimum atomic E-state index is -0.391. The molecule has 0 bridgehead atoms. The van der Waals surface area contributed by atoms with E-state index < -0.39 is 5.82 Å². The van der Waals surface area contributed by atoms with Crippen LogP contribution in [-0.4, -0.2) is 22.3 Å². The number of ether oxygens (including phenoxy) is 1. The number of carbonyl (C=O) groups is 1. The molecule has 1 N–H and O–H groups in total. The fraction of sp³-hybridized carbons (Fsp3) is 0.200. The van der Waals surface area contributed by atoms with Gasteiger partial charge in [-0.2, -0.15) is 5.10 Å². The molecule has 1 unspecified atom stereocenters. The SMILES string of the molecule is Cn1ncc(C(=O)NC2COc3cc(F)c(Br)cc32)c1Cc1ccccc1. The summed E-state index contributed by atoms with van der Waals surface area (Å²) in [6.07, 6.45) is 2.18. The van der Waals surface area contributed by atoms with Crippen molar-refractivity contribution >= 4 is 21.8 Å². The highest BCUT2D eigenvalue weighted by molar-refractivity contribution is 9.10. The molecule has 5 nitrogen and oxygen atoms in total. The normalized spacial score (nSPS) is 15.3. The van der Waals surface area contributed by atoms with Crippen molar-refractivity contribution in [2.24, 2.45) is 7.05 Å². The zero-order chi connectivity index (χ0) is 19.0. The number of hydrogen-bond donors (Lipinski definition) is 1. The van der Waals surface area contributed by atoms with Gasteiger partial charge >= 0.3 is 0 Å². The Kier molecular flexibility index (Phi) is 4.70. The molecule has 0 radical (unpaired) electrons. The minimum Gasteiger partial charge on any atom is -0.491 e. The molecular weight excluding hydrogens is 413 g/mol. The van der Waals surface area contributed by atoms with Crippen molar-refractivity contribution in [3.8, 4) is 5.75 Å². The molecule has 7 heteroatoms. The molecule has 0 spiro atoms. The van der Waals surface area contributed by atoms with Crippen LogP contribution < -0.4 is 10.1 Å². The molecule has 27 heavy (non-hydrogen) atoms. The third-order valence-electron chi connectivity index (χ3n) is 4.66. The van der Waals surface area contributed by atoms with E-state index in [4.69, 9.17) is 4.74 Å². The highest BCUT2D eigenvalue weighted by Crippen LogP contribution is 2.36. The van der Waals surface area contributed by atoms with Crippen molar-refractivity contribution in [3.05, 3.63) is 81.3 Å². The number of benzene rings is 2. The van der Waals surface area contributed by atoms with E-state index >= 15 is 0 Å². The monoisotopic (exact) mass is 429 g/mol. The van der Waals surface area contributed by atoms with Gasteiger partial charge in [0.2, 0.25) is 0 Å². The van der Waals surface area contributed by atoms with Crippen LogP contribution in [0.15, 0.2) is 53.1 Å². The van der Waals surface area contributed by atoms with Crippen molar-refractivity contribution < 1.29 is 13.9 Å². The maximum Gasteiger partial charge on any atom is 0.255 e. The Morgan fingerprint density at radius 2 is 2.15 bits per heavy atom. The second-order valence-corrected chi connectivity index (χ2v) is 7.29. The summed E-state index contributed by atoms with van der Waals surface area (Å²) in [5.74, 6) is -0.161. The summed E-state index contributed by atoms with van der Waals surface area (Å²) in [5.41, 5.74) is 3.21. The Bertz CT molecular complexity index is 1000. The van der Waals surface area contributed by atoms with E-state index in [2.05, 4.69) is 26.3 Å². The maximum atomic E-state index is 13.7. The minimum absolute atomic E-state index is 0.226. The lowest BCUT2D eigenvalue weighted by atomic mass is 10.1. The first-order valence-electron chi connectivity index (χ1n) is 8.50. The van der Waals surface area contributed by atoms with E-state index in [-0.39, 0.29) is 18.6 Å². The number of aromatic nitrogens is 2. The van der Waals surface area contributed by atoms with Crippen molar-refractivity contribution in [2.75, 3.05) is 6.61 Å². The average Bonchev–Trinajstić information content (AvgIpc) is 3.21. The molecule has 0 fully saturated rings. The number of amides is 1. The molecular formula is C20H17BrFN3O2. The van der Waals surface area contributed by atoms with Gasteiger partial charge < -0.3 is 10.1 Å². The number of halogens is 2. The molecule has 0 saturated carbocycles. The fourth-order valence-corrected chi connectivity index (χ4v) is 3.57. The maximum absolute atomic E-state index is 13.7. The molecule has 1 amide bonds. The summed E-state index contributed by atoms with van der Waals surface area (Å²) in [4.78, 5) is 12.9. The van der Waals surface area contributed by atoms with Crippen LogP contribution in [0.4, 0.5) is 4.39 Å². The Morgan fingerprint density at radius 1 is 1.37 bits per heavy atom. The predicted octanol–water partition coefficient (Wildman–Crippen LogP) is 3.78. The predicted molar refractivity (Wildman–Crippen MR) is 102 cm³/mol. The van der Waals surface area contributed by atoms with Gasteiger partial charge in [0.1, 0.15) is 18.2 Å². The van der Waals surface area contributed by atoms with Crippen LogP contribution in [0.1, 0.15) is 33.2 Å². The summed E-state index contributed by atoms with van der Waals surface area (Å²) in [6.45, 7) is 0.269. The zero-order valence-electron chi connectivity index (χ0n) is 14.6. The number of fused-ring (bicyclic) bond motifs is 1. The number of nitrogens with one attached hydrogen (secondary N) is 1. The van der Waals surface area contributed by atoms with Crippen molar-refractivity contribution in [3.63, 3.8) is 0 Å². The molecule has 4 rings (SSSR count). The first-order valence-corrected chi connectivity index (χ1v) is 9.29. The third kappa shape index (κ3) is 3.47. The van der Waals surface area contributed by atoms with E-state index in [1.54, 1.807) is 16.9 Å². The first-order chi connectivity index (χ1) is 13.0. The van der Waals surface area contributed by atoms with E-state index in [0.717, 1.165) is 16.8 Å². The Morgan fingerprint density at radius 3 is 2.93 bits per heavy atom. The summed E-state index contributed by atoms with van der Waals surface area (Å²) in [7, 11) is 1.82. The van der Waals surface area contributed by atoms with E-state index in [1.807, 2.05) is 37.4 Å². The Hall–Kier alpha value is -2.67. The fourth-order valence-electron chi connectivity index (χ4n) is 3.21. The Labute approximate surface area is 164 Å². The summed E-state index contributed by atoms with van der Waals surface area (Å²) in [6, 6.07) is 12.6. The van der Waals surface area contributed by atoms with Gasteiger partial charge in [0.25, 0.3) is 5.91 Å². The summed E-state index contributed by atoms with van der Waals surface area (Å²) >= 11 is 3.18. The molecule has 3 aromatic rings. The van der Waals surface area contributed by atoms with Crippen LogP contribution in [0.2, 0.25) is 0 Å². The van der Waals surface area contributed by atoms with Gasteiger partial charge in [-0.15, -0.1) is 0 Å². The molecule has 1 aromatic heterocycles. The topological polar surface area (TPSA) is 56.2 Å². The van der Waals surface area contributed by atoms with Gasteiger partial charge in [0, 0.05) is 25.1 Å². The first kappa shape index (κ1) is 17.7. The van der Waals surface area contributed by atoms with Crippen molar-refractivity contribution in [1.29, 1.82) is 0 Å². The smallest absolute Gasteiger partial charge is 0.255 e. The standard InChI is InChI=1S/C20H17BrFN3O2/c1-25-18(7-12-5-3-2-4-6-12)14(10-23-25)20(26)24-17-11-27-19-9-16(22)15(21)8-13(17)19/h2-6,8-10,17H,7,11H2,1H3,(H,24,26). The molecule has 138 valence electrons. The zero-order valence-corrected chi connectivity index (χ0v) is 16.2. The van der Waals surface area contributed by atoms with Gasteiger partial charge in [0.15, 0.2) is 0 Å². The second-order valence-electron chi connectivity index (χ2n) is 6.43. The number of hydrogen-bond acceptors (Lipinski definition) is 3. The number of rotatable bonds is 4. The van der Waals surface area contributed by atoms with Gasteiger partial charge in [-0.3, -0.25) is 9.48 Å². The largest absolute Gasteiger partial charge is 0.491 e. The summed E-state index contributed by atoms with van der Waals surface area (Å²) in [5, 5.41) is 7.22. The van der Waals surface area contributed by atoms with Crippen LogP contribution in [0.3, 0.4) is 0 Å². The molecule has 1 atom stereocenters. The van der Waals surface area contributed by atoms with Crippen LogP contribution in [0.5, 0.6) is 5.75 Å². The van der Waals surface area contributed by atoms with Crippen LogP contribution in [0, 0.1) is 5.82 Å². The number of nitrogens with zero attached hydrogens (tertiary/aromatic N) is 2. The van der Waals surface area contributed by atoms with Crippen molar-refractivity contribution in [2.45, 2.75) is 12.5 Å². The van der Waals surface area contributed by atoms with Crippen LogP contribution in [0.25, 0.3) is 0 Å². The van der Waals surface area contributed by atoms with E-state index in [9.17, 15) is 9.18 Å². The van der Waals surface area contributed by atoms with Gasteiger partial charge in [-0.05, 0) is 27.6 Å². The number of carbonyl (C=O) groups excluding carboxylic acids is 1. The molecule has 0 saturated heterocycles. The van der Waals surface area contributed by atoms with Gasteiger partial charge in [-0.1, -0.05) is 30.3 Å². The van der Waals surface area contributed by atoms with Crippen molar-refractivity contribution in [1.82, 2.24) is 15.1 Å². The second kappa shape index (κ2) is 7.15.